The predicted molar refractivity (Wildman–Crippen MR) is 90.9 cm³/mol. The molecule has 0 atom stereocenters. The van der Waals surface area contributed by atoms with Crippen LogP contribution in [0.15, 0.2) is 30.3 Å². The molecule has 1 aromatic carbocycles. The van der Waals surface area contributed by atoms with Crippen LogP contribution >= 0.6 is 11.5 Å². The van der Waals surface area contributed by atoms with E-state index in [2.05, 4.69) is 14.7 Å². The first-order valence-corrected chi connectivity index (χ1v) is 8.59. The molecule has 13 heteroatoms. The summed E-state index contributed by atoms with van der Waals surface area (Å²) in [6, 6.07) is 4.82. The Labute approximate surface area is 163 Å². The molecule has 1 amide bonds. The maximum atomic E-state index is 13.2. The third kappa shape index (κ3) is 4.09. The first-order chi connectivity index (χ1) is 13.4. The molecule has 6 nitrogen and oxygen atoms in total. The second kappa shape index (κ2) is 7.13. The van der Waals surface area contributed by atoms with E-state index < -0.39 is 29.6 Å². The minimum Gasteiger partial charge on any atom is -0.311 e. The summed E-state index contributed by atoms with van der Waals surface area (Å²) >= 11 is 0.892. The summed E-state index contributed by atoms with van der Waals surface area (Å²) in [5.74, 6) is -0.431. The lowest BCUT2D eigenvalue weighted by Crippen LogP contribution is -2.26. The monoisotopic (exact) mass is 435 g/mol. The van der Waals surface area contributed by atoms with Gasteiger partial charge in [-0.15, -0.1) is 5.10 Å². The van der Waals surface area contributed by atoms with Crippen molar-refractivity contribution >= 4 is 23.1 Å². The minimum atomic E-state index is -5.04. The fourth-order valence-corrected chi connectivity index (χ4v) is 3.07. The Kier molecular flexibility index (Phi) is 5.11. The zero-order valence-electron chi connectivity index (χ0n) is 14.7. The van der Waals surface area contributed by atoms with E-state index in [-0.39, 0.29) is 21.3 Å². The molecular weight excluding hydrogens is 424 g/mol. The van der Waals surface area contributed by atoms with Crippen molar-refractivity contribution in [1.82, 2.24) is 19.4 Å². The van der Waals surface area contributed by atoms with Gasteiger partial charge in [0.2, 0.25) is 0 Å². The zero-order valence-corrected chi connectivity index (χ0v) is 15.5. The summed E-state index contributed by atoms with van der Waals surface area (Å²) in [7, 11) is 1.44. The second-order valence-electron chi connectivity index (χ2n) is 5.89. The van der Waals surface area contributed by atoms with Gasteiger partial charge in [-0.1, -0.05) is 4.49 Å². The molecule has 3 rings (SSSR count). The Balaban J connectivity index is 1.95. The number of benzene rings is 1. The molecule has 3 aromatic rings. The highest BCUT2D eigenvalue weighted by molar-refractivity contribution is 7.08. The lowest BCUT2D eigenvalue weighted by molar-refractivity contribution is -0.143. The molecule has 2 heterocycles. The minimum absolute atomic E-state index is 0.0524. The normalized spacial score (nSPS) is 12.3. The summed E-state index contributed by atoms with van der Waals surface area (Å²) in [4.78, 5) is 14.0. The van der Waals surface area contributed by atoms with Crippen molar-refractivity contribution in [2.75, 3.05) is 11.9 Å². The number of carbonyl (C=O) groups excluding carboxylic acids is 1. The Morgan fingerprint density at radius 3 is 2.17 bits per heavy atom. The number of halogens is 6. The summed E-state index contributed by atoms with van der Waals surface area (Å²) in [6.45, 7) is 1.60. The van der Waals surface area contributed by atoms with Crippen LogP contribution < -0.4 is 4.90 Å². The fraction of sp³-hybridized carbons (Fsp3) is 0.250. The predicted octanol–water partition coefficient (Wildman–Crippen LogP) is 4.35. The van der Waals surface area contributed by atoms with Gasteiger partial charge >= 0.3 is 12.4 Å². The molecule has 29 heavy (non-hydrogen) atoms. The van der Waals surface area contributed by atoms with E-state index in [0.717, 1.165) is 23.7 Å². The molecule has 0 fully saturated rings. The van der Waals surface area contributed by atoms with Gasteiger partial charge in [0.05, 0.1) is 11.4 Å². The molecule has 0 bridgehead atoms. The van der Waals surface area contributed by atoms with Gasteiger partial charge in [0, 0.05) is 18.8 Å². The van der Waals surface area contributed by atoms with E-state index in [1.165, 1.54) is 24.1 Å². The summed E-state index contributed by atoms with van der Waals surface area (Å²) in [6.07, 6.45) is -10.1. The molecule has 0 N–H and O–H groups in total. The fourth-order valence-electron chi connectivity index (χ4n) is 2.43. The van der Waals surface area contributed by atoms with Crippen LogP contribution in [0.25, 0.3) is 5.69 Å². The van der Waals surface area contributed by atoms with Gasteiger partial charge in [-0.05, 0) is 42.7 Å². The summed E-state index contributed by atoms with van der Waals surface area (Å²) in [5.41, 5.74) is -2.73. The van der Waals surface area contributed by atoms with Crippen LogP contribution in [-0.2, 0) is 12.4 Å². The van der Waals surface area contributed by atoms with Crippen molar-refractivity contribution in [2.24, 2.45) is 0 Å². The van der Waals surface area contributed by atoms with Crippen LogP contribution in [0.2, 0.25) is 0 Å². The molecule has 0 aliphatic heterocycles. The van der Waals surface area contributed by atoms with Gasteiger partial charge in [-0.3, -0.25) is 4.79 Å². The zero-order chi connectivity index (χ0) is 21.6. The smallest absolute Gasteiger partial charge is 0.311 e. The molecule has 0 aliphatic carbocycles. The van der Waals surface area contributed by atoms with Gasteiger partial charge < -0.3 is 4.90 Å². The van der Waals surface area contributed by atoms with Crippen LogP contribution in [-0.4, -0.2) is 32.3 Å². The number of nitrogens with zero attached hydrogens (tertiary/aromatic N) is 5. The first kappa shape index (κ1) is 20.8. The highest BCUT2D eigenvalue weighted by Gasteiger charge is 2.42. The SMILES string of the molecule is Cc1nnsc1C(=O)N(C)c1ccc(-n2nc(C(F)(F)F)cc2C(F)(F)F)cc1. The standard InChI is InChI=1S/C16H11F6N5OS/c1-8-13(29-25-23-8)14(28)26(2)9-3-5-10(6-4-9)27-12(16(20,21)22)7-11(24-27)15(17,18)19/h3-7H,1-2H3. The number of aryl methyl sites for hydroxylation is 1. The van der Waals surface area contributed by atoms with Gasteiger partial charge in [0.15, 0.2) is 5.69 Å². The number of carbonyl (C=O) groups is 1. The van der Waals surface area contributed by atoms with Crippen LogP contribution in [0.4, 0.5) is 32.0 Å². The topological polar surface area (TPSA) is 63.9 Å². The van der Waals surface area contributed by atoms with Crippen LogP contribution in [0, 0.1) is 6.92 Å². The number of hydrogen-bond acceptors (Lipinski definition) is 5. The maximum Gasteiger partial charge on any atom is 0.435 e. The number of hydrogen-bond donors (Lipinski definition) is 0. The van der Waals surface area contributed by atoms with E-state index in [1.54, 1.807) is 6.92 Å². The van der Waals surface area contributed by atoms with Crippen molar-refractivity contribution in [2.45, 2.75) is 19.3 Å². The van der Waals surface area contributed by atoms with Crippen molar-refractivity contribution in [3.63, 3.8) is 0 Å². The van der Waals surface area contributed by atoms with Gasteiger partial charge in [0.25, 0.3) is 5.91 Å². The van der Waals surface area contributed by atoms with E-state index >= 15 is 0 Å². The van der Waals surface area contributed by atoms with E-state index in [1.807, 2.05) is 0 Å². The quantitative estimate of drug-likeness (QED) is 0.574. The van der Waals surface area contributed by atoms with E-state index in [9.17, 15) is 31.1 Å². The number of amides is 1. The average Bonchev–Trinajstić information content (AvgIpc) is 3.26. The average molecular weight is 435 g/mol. The maximum absolute atomic E-state index is 13.2. The molecule has 0 spiro atoms. The van der Waals surface area contributed by atoms with Gasteiger partial charge in [-0.25, -0.2) is 4.68 Å². The Morgan fingerprint density at radius 1 is 1.07 bits per heavy atom. The number of anilines is 1. The largest absolute Gasteiger partial charge is 0.435 e. The molecular formula is C16H11F6N5OS. The molecule has 0 saturated carbocycles. The first-order valence-electron chi connectivity index (χ1n) is 7.81. The van der Waals surface area contributed by atoms with E-state index in [0.29, 0.717) is 11.4 Å². The lowest BCUT2D eigenvalue weighted by Gasteiger charge is -2.17. The van der Waals surface area contributed by atoms with Gasteiger partial charge in [0.1, 0.15) is 10.6 Å². The lowest BCUT2D eigenvalue weighted by atomic mass is 10.2. The molecule has 0 saturated heterocycles. The van der Waals surface area contributed by atoms with Crippen molar-refractivity contribution in [3.8, 4) is 5.69 Å². The molecule has 0 aliphatic rings. The number of rotatable bonds is 3. The molecule has 2 aromatic heterocycles. The van der Waals surface area contributed by atoms with Crippen molar-refractivity contribution < 1.29 is 31.1 Å². The second-order valence-corrected chi connectivity index (χ2v) is 6.64. The summed E-state index contributed by atoms with van der Waals surface area (Å²) in [5, 5.41) is 6.79. The Hall–Kier alpha value is -2.96. The van der Waals surface area contributed by atoms with Crippen molar-refractivity contribution in [1.29, 1.82) is 0 Å². The summed E-state index contributed by atoms with van der Waals surface area (Å²) < 4.78 is 81.7. The van der Waals surface area contributed by atoms with Crippen LogP contribution in [0.3, 0.4) is 0 Å². The van der Waals surface area contributed by atoms with Gasteiger partial charge in [-0.2, -0.15) is 31.4 Å². The molecule has 0 radical (unpaired) electrons. The number of aromatic nitrogens is 4. The van der Waals surface area contributed by atoms with Crippen molar-refractivity contribution in [3.05, 3.63) is 52.3 Å². The number of alkyl halides is 6. The Bertz CT molecular complexity index is 1040. The molecule has 0 unspecified atom stereocenters. The highest BCUT2D eigenvalue weighted by Crippen LogP contribution is 2.36. The molecule has 154 valence electrons. The highest BCUT2D eigenvalue weighted by atomic mass is 32.1. The van der Waals surface area contributed by atoms with E-state index in [4.69, 9.17) is 0 Å². The Morgan fingerprint density at radius 2 is 1.69 bits per heavy atom. The van der Waals surface area contributed by atoms with Crippen LogP contribution in [0.5, 0.6) is 0 Å². The third-order valence-electron chi connectivity index (χ3n) is 3.92. The third-order valence-corrected chi connectivity index (χ3v) is 4.74. The van der Waals surface area contributed by atoms with Crippen LogP contribution in [0.1, 0.15) is 26.8 Å².